The van der Waals surface area contributed by atoms with Crippen LogP contribution in [-0.4, -0.2) is 21.2 Å². The van der Waals surface area contributed by atoms with Gasteiger partial charge in [0, 0.05) is 6.42 Å². The molecule has 1 rings (SSSR count). The number of carbonyl (C=O) groups excluding carboxylic acids is 1. The summed E-state index contributed by atoms with van der Waals surface area (Å²) in [6.45, 7) is 8.02. The number of aryl methyl sites for hydroxylation is 1. The minimum absolute atomic E-state index is 0.205. The highest BCUT2D eigenvalue weighted by atomic mass is 28.4. The molecule has 1 aromatic carbocycles. The van der Waals surface area contributed by atoms with Gasteiger partial charge in [-0.25, -0.2) is 0 Å². The predicted molar refractivity (Wildman–Crippen MR) is 76.0 cm³/mol. The minimum Gasteiger partial charge on any atom is -0.542 e. The van der Waals surface area contributed by atoms with Gasteiger partial charge < -0.3 is 14.0 Å². The topological polar surface area (TPSA) is 35.5 Å². The zero-order valence-electron chi connectivity index (χ0n) is 11.9. The van der Waals surface area contributed by atoms with Crippen molar-refractivity contribution in [1.82, 2.24) is 0 Å². The molecule has 0 atom stereocenters. The van der Waals surface area contributed by atoms with E-state index in [1.807, 2.05) is 18.2 Å². The molecule has 100 valence electrons. The Morgan fingerprint density at radius 2 is 1.89 bits per heavy atom. The molecule has 0 aliphatic carbocycles. The molecule has 4 heteroatoms. The summed E-state index contributed by atoms with van der Waals surface area (Å²) in [7, 11) is 0.00647. The van der Waals surface area contributed by atoms with Gasteiger partial charge in [0.05, 0.1) is 7.11 Å². The van der Waals surface area contributed by atoms with Gasteiger partial charge in [-0.2, -0.15) is 0 Å². The van der Waals surface area contributed by atoms with Crippen LogP contribution in [-0.2, 0) is 11.2 Å². The van der Waals surface area contributed by atoms with Crippen molar-refractivity contribution < 1.29 is 14.0 Å². The first-order valence-corrected chi connectivity index (χ1v) is 9.58. The number of Topliss-reactive ketones (excluding diaryl/α,β-unsaturated/α-hetero) is 1. The van der Waals surface area contributed by atoms with Crippen molar-refractivity contribution in [2.45, 2.75) is 39.4 Å². The fourth-order valence-corrected chi connectivity index (χ4v) is 2.43. The van der Waals surface area contributed by atoms with Crippen molar-refractivity contribution >= 4 is 14.1 Å². The maximum absolute atomic E-state index is 11.0. The van der Waals surface area contributed by atoms with Crippen LogP contribution in [0.15, 0.2) is 18.2 Å². The van der Waals surface area contributed by atoms with Gasteiger partial charge in [-0.1, -0.05) is 6.07 Å². The van der Waals surface area contributed by atoms with E-state index in [9.17, 15) is 4.79 Å². The summed E-state index contributed by atoms with van der Waals surface area (Å²) in [5.74, 6) is 1.75. The second kappa shape index (κ2) is 6.04. The first-order chi connectivity index (χ1) is 8.31. The molecule has 0 aliphatic heterocycles. The molecule has 0 bridgehead atoms. The van der Waals surface area contributed by atoms with Crippen molar-refractivity contribution in [3.63, 3.8) is 0 Å². The Morgan fingerprint density at radius 1 is 1.22 bits per heavy atom. The van der Waals surface area contributed by atoms with E-state index in [2.05, 4.69) is 19.6 Å². The summed E-state index contributed by atoms with van der Waals surface area (Å²) in [5, 5.41) is 0. The Kier molecular flexibility index (Phi) is 4.96. The molecule has 0 amide bonds. The Morgan fingerprint density at radius 3 is 2.39 bits per heavy atom. The Hall–Kier alpha value is -1.29. The van der Waals surface area contributed by atoms with E-state index in [4.69, 9.17) is 9.16 Å². The molecule has 0 saturated carbocycles. The quantitative estimate of drug-likeness (QED) is 0.740. The van der Waals surface area contributed by atoms with E-state index >= 15 is 0 Å². The third-order valence-corrected chi connectivity index (χ3v) is 3.24. The van der Waals surface area contributed by atoms with Gasteiger partial charge in [0.1, 0.15) is 11.5 Å². The number of hydrogen-bond acceptors (Lipinski definition) is 3. The van der Waals surface area contributed by atoms with Gasteiger partial charge in [-0.05, 0) is 50.7 Å². The van der Waals surface area contributed by atoms with Crippen molar-refractivity contribution in [3.8, 4) is 11.5 Å². The van der Waals surface area contributed by atoms with Crippen LogP contribution in [0, 0.1) is 0 Å². The average Bonchev–Trinajstić information content (AvgIpc) is 2.25. The summed E-state index contributed by atoms with van der Waals surface area (Å²) in [5.41, 5.74) is 1.10. The predicted octanol–water partition coefficient (Wildman–Crippen LogP) is 3.43. The maximum Gasteiger partial charge on any atom is 0.242 e. The van der Waals surface area contributed by atoms with E-state index in [0.29, 0.717) is 6.42 Å². The molecular formula is C14H22O3Si. The third-order valence-electron chi connectivity index (χ3n) is 2.41. The number of benzene rings is 1. The lowest BCUT2D eigenvalue weighted by molar-refractivity contribution is -0.116. The van der Waals surface area contributed by atoms with Crippen LogP contribution < -0.4 is 9.16 Å². The lowest BCUT2D eigenvalue weighted by Gasteiger charge is -2.21. The lowest BCUT2D eigenvalue weighted by Crippen LogP contribution is -2.29. The molecule has 0 saturated heterocycles. The van der Waals surface area contributed by atoms with Crippen LogP contribution in [0.1, 0.15) is 18.9 Å². The summed E-state index contributed by atoms with van der Waals surface area (Å²) in [6, 6.07) is 5.89. The normalized spacial score (nSPS) is 11.2. The number of carbonyl (C=O) groups is 1. The van der Waals surface area contributed by atoms with Gasteiger partial charge in [0.15, 0.2) is 5.75 Å². The van der Waals surface area contributed by atoms with Gasteiger partial charge in [-0.15, -0.1) is 0 Å². The van der Waals surface area contributed by atoms with E-state index in [1.165, 1.54) is 0 Å². The molecule has 0 N–H and O–H groups in total. The lowest BCUT2D eigenvalue weighted by atomic mass is 10.1. The van der Waals surface area contributed by atoms with Gasteiger partial charge in [0.25, 0.3) is 0 Å². The fourth-order valence-electron chi connectivity index (χ4n) is 1.60. The summed E-state index contributed by atoms with van der Waals surface area (Å²) in [6.07, 6.45) is 1.32. The van der Waals surface area contributed by atoms with Crippen LogP contribution in [0.4, 0.5) is 0 Å². The number of rotatable bonds is 6. The Bertz CT molecular complexity index is 422. The molecule has 0 fully saturated rings. The second-order valence-corrected chi connectivity index (χ2v) is 9.83. The van der Waals surface area contributed by atoms with E-state index in [-0.39, 0.29) is 5.78 Å². The molecule has 1 aromatic rings. The van der Waals surface area contributed by atoms with Crippen LogP contribution in [0.25, 0.3) is 0 Å². The molecule has 0 aliphatic rings. The number of ketones is 1. The highest BCUT2D eigenvalue weighted by molar-refractivity contribution is 6.70. The van der Waals surface area contributed by atoms with Crippen LogP contribution in [0.2, 0.25) is 19.6 Å². The third kappa shape index (κ3) is 4.92. The van der Waals surface area contributed by atoms with E-state index < -0.39 is 8.32 Å². The smallest absolute Gasteiger partial charge is 0.242 e. The second-order valence-electron chi connectivity index (χ2n) is 5.40. The molecular weight excluding hydrogens is 244 g/mol. The summed E-state index contributed by atoms with van der Waals surface area (Å²) < 4.78 is 11.3. The van der Waals surface area contributed by atoms with Crippen molar-refractivity contribution in [3.05, 3.63) is 23.8 Å². The van der Waals surface area contributed by atoms with Gasteiger partial charge in [-0.3, -0.25) is 0 Å². The molecule has 0 radical (unpaired) electrons. The van der Waals surface area contributed by atoms with Gasteiger partial charge in [0.2, 0.25) is 8.32 Å². The zero-order chi connectivity index (χ0) is 13.8. The van der Waals surface area contributed by atoms with Crippen molar-refractivity contribution in [2.75, 3.05) is 7.11 Å². The zero-order valence-corrected chi connectivity index (χ0v) is 12.9. The molecule has 0 heterocycles. The fraction of sp³-hybridized carbons (Fsp3) is 0.500. The number of hydrogen-bond donors (Lipinski definition) is 0. The first-order valence-electron chi connectivity index (χ1n) is 6.17. The largest absolute Gasteiger partial charge is 0.542 e. The van der Waals surface area contributed by atoms with Crippen LogP contribution in [0.5, 0.6) is 11.5 Å². The standard InChI is InChI=1S/C14H22O3Si/c1-11(15)6-7-12-8-9-13(14(10-12)16-2)17-18(3,4)5/h8-10H,6-7H2,1-5H3. The molecule has 3 nitrogen and oxygen atoms in total. The summed E-state index contributed by atoms with van der Waals surface area (Å²) >= 11 is 0. The molecule has 18 heavy (non-hydrogen) atoms. The number of ether oxygens (including phenoxy) is 1. The monoisotopic (exact) mass is 266 g/mol. The summed E-state index contributed by atoms with van der Waals surface area (Å²) in [4.78, 5) is 11.0. The Balaban J connectivity index is 2.86. The highest BCUT2D eigenvalue weighted by Crippen LogP contribution is 2.30. The van der Waals surface area contributed by atoms with E-state index in [1.54, 1.807) is 14.0 Å². The Labute approximate surface area is 110 Å². The van der Waals surface area contributed by atoms with Crippen LogP contribution >= 0.6 is 0 Å². The maximum atomic E-state index is 11.0. The average molecular weight is 266 g/mol. The van der Waals surface area contributed by atoms with Crippen molar-refractivity contribution in [1.29, 1.82) is 0 Å². The highest BCUT2D eigenvalue weighted by Gasteiger charge is 2.18. The molecule has 0 spiro atoms. The van der Waals surface area contributed by atoms with Gasteiger partial charge >= 0.3 is 0 Å². The number of methoxy groups -OCH3 is 1. The first kappa shape index (κ1) is 14.8. The van der Waals surface area contributed by atoms with E-state index in [0.717, 1.165) is 23.5 Å². The SMILES string of the molecule is COc1cc(CCC(C)=O)ccc1O[Si](C)(C)C. The van der Waals surface area contributed by atoms with Crippen LogP contribution in [0.3, 0.4) is 0 Å². The van der Waals surface area contributed by atoms with Crippen molar-refractivity contribution in [2.24, 2.45) is 0 Å². The minimum atomic E-state index is -1.63. The molecule has 0 aromatic heterocycles. The molecule has 0 unspecified atom stereocenters.